The number of hydrazine groups is 1. The lowest BCUT2D eigenvalue weighted by Crippen LogP contribution is -2.64. The predicted molar refractivity (Wildman–Crippen MR) is 154 cm³/mol. The molecule has 14 heteroatoms. The maximum atomic E-state index is 14.0. The first-order chi connectivity index (χ1) is 21.2. The molecule has 3 aromatic rings. The van der Waals surface area contributed by atoms with Gasteiger partial charge >= 0.3 is 6.18 Å². The van der Waals surface area contributed by atoms with Crippen molar-refractivity contribution in [1.82, 2.24) is 30.6 Å². The third kappa shape index (κ3) is 5.88. The third-order valence-electron chi connectivity index (χ3n) is 8.39. The van der Waals surface area contributed by atoms with Crippen molar-refractivity contribution in [2.75, 3.05) is 49.5 Å². The fourth-order valence-corrected chi connectivity index (χ4v) is 6.18. The van der Waals surface area contributed by atoms with Crippen molar-refractivity contribution in [3.8, 4) is 6.07 Å². The molecule has 5 heterocycles. The van der Waals surface area contributed by atoms with Gasteiger partial charge < -0.3 is 15.1 Å². The van der Waals surface area contributed by atoms with E-state index in [9.17, 15) is 22.8 Å². The van der Waals surface area contributed by atoms with Gasteiger partial charge in [-0.1, -0.05) is 24.3 Å². The van der Waals surface area contributed by atoms with Gasteiger partial charge in [-0.15, -0.1) is 0 Å². The summed E-state index contributed by atoms with van der Waals surface area (Å²) in [5.41, 5.74) is 7.99. The molecule has 0 bridgehead atoms. The summed E-state index contributed by atoms with van der Waals surface area (Å²) < 4.78 is 42.1. The van der Waals surface area contributed by atoms with Crippen molar-refractivity contribution in [1.29, 1.82) is 5.26 Å². The topological polar surface area (TPSA) is 130 Å². The normalized spacial score (nSPS) is 22.2. The van der Waals surface area contributed by atoms with E-state index >= 15 is 0 Å². The van der Waals surface area contributed by atoms with Crippen LogP contribution in [0.5, 0.6) is 0 Å². The summed E-state index contributed by atoms with van der Waals surface area (Å²) in [6.45, 7) is 2.59. The quantitative estimate of drug-likeness (QED) is 0.388. The van der Waals surface area contributed by atoms with Gasteiger partial charge in [0.25, 0.3) is 5.91 Å². The van der Waals surface area contributed by atoms with E-state index in [0.29, 0.717) is 43.0 Å². The van der Waals surface area contributed by atoms with Crippen LogP contribution in [0.25, 0.3) is 0 Å². The van der Waals surface area contributed by atoms with Gasteiger partial charge in [-0.05, 0) is 29.3 Å². The zero-order valence-electron chi connectivity index (χ0n) is 23.6. The predicted octanol–water partition coefficient (Wildman–Crippen LogP) is 2.46. The van der Waals surface area contributed by atoms with E-state index in [1.165, 1.54) is 12.4 Å². The largest absolute Gasteiger partial charge is 0.402 e. The maximum Gasteiger partial charge on any atom is 0.402 e. The molecule has 2 fully saturated rings. The number of rotatable bonds is 6. The Morgan fingerprint density at radius 3 is 2.61 bits per heavy atom. The van der Waals surface area contributed by atoms with Gasteiger partial charge in [-0.25, -0.2) is 10.4 Å². The van der Waals surface area contributed by atoms with Gasteiger partial charge in [0, 0.05) is 70.4 Å². The number of carbonyl (C=O) groups excluding carboxylic acids is 2. The molecule has 0 radical (unpaired) electrons. The lowest BCUT2D eigenvalue weighted by Gasteiger charge is -2.41. The lowest BCUT2D eigenvalue weighted by molar-refractivity contribution is -0.202. The monoisotopic (exact) mass is 605 g/mol. The number of nitrogens with one attached hydrogen (secondary N) is 3. The van der Waals surface area contributed by atoms with Crippen molar-refractivity contribution in [3.63, 3.8) is 0 Å². The summed E-state index contributed by atoms with van der Waals surface area (Å²) in [4.78, 5) is 39.8. The summed E-state index contributed by atoms with van der Waals surface area (Å²) in [5.74, 6) is -2.69. The Bertz CT molecular complexity index is 1570. The van der Waals surface area contributed by atoms with Gasteiger partial charge in [0.1, 0.15) is 11.9 Å². The maximum absolute atomic E-state index is 14.0. The van der Waals surface area contributed by atoms with Crippen LogP contribution in [0.1, 0.15) is 33.1 Å². The molecule has 228 valence electrons. The zero-order valence-corrected chi connectivity index (χ0v) is 23.6. The Hall–Kier alpha value is -4.74. The molecule has 3 aliphatic heterocycles. The number of halogens is 3. The summed E-state index contributed by atoms with van der Waals surface area (Å²) >= 11 is 0. The number of fused-ring (bicyclic) bond motifs is 1. The molecule has 3 unspecified atom stereocenters. The number of alkyl halides is 3. The second-order valence-electron chi connectivity index (χ2n) is 11.0. The number of nitrogens with zero attached hydrogens (tertiary/aromatic N) is 6. The molecule has 11 nitrogen and oxygen atoms in total. The highest BCUT2D eigenvalue weighted by atomic mass is 19.4. The average molecular weight is 606 g/mol. The van der Waals surface area contributed by atoms with Gasteiger partial charge in [0.2, 0.25) is 5.91 Å². The van der Waals surface area contributed by atoms with Crippen LogP contribution in [0.3, 0.4) is 0 Å². The van der Waals surface area contributed by atoms with Crippen LogP contribution in [0, 0.1) is 17.2 Å². The molecule has 2 amide bonds. The molecule has 1 aromatic carbocycles. The molecule has 0 spiro atoms. The van der Waals surface area contributed by atoms with Gasteiger partial charge in [-0.3, -0.25) is 24.9 Å². The number of aromatic nitrogens is 2. The number of pyridine rings is 2. The third-order valence-corrected chi connectivity index (χ3v) is 8.39. The van der Waals surface area contributed by atoms with Crippen LogP contribution in [0.4, 0.5) is 24.7 Å². The van der Waals surface area contributed by atoms with E-state index in [1.54, 1.807) is 34.2 Å². The highest BCUT2D eigenvalue weighted by Gasteiger charge is 2.54. The molecule has 3 aliphatic rings. The van der Waals surface area contributed by atoms with Crippen molar-refractivity contribution < 1.29 is 22.8 Å². The Balaban J connectivity index is 1.13. The Kier molecular flexibility index (Phi) is 8.07. The number of hydrogen-bond acceptors (Lipinski definition) is 9. The second-order valence-corrected chi connectivity index (χ2v) is 11.0. The van der Waals surface area contributed by atoms with Gasteiger partial charge in [0.05, 0.1) is 22.9 Å². The molecule has 2 saturated heterocycles. The average Bonchev–Trinajstić information content (AvgIpc) is 3.41. The fourth-order valence-electron chi connectivity index (χ4n) is 6.18. The van der Waals surface area contributed by atoms with Crippen molar-refractivity contribution >= 4 is 23.3 Å². The molecule has 2 aromatic heterocycles. The van der Waals surface area contributed by atoms with E-state index in [-0.39, 0.29) is 25.5 Å². The van der Waals surface area contributed by atoms with Crippen LogP contribution < -0.4 is 21.1 Å². The standard InChI is InChI=1S/C30H30F3N9O2/c31-30(32,33)27-25(17-38-39-28(27)43)42-18-20-3-1-2-4-23(20)24(42)16-36-22-11-21(14-35-15-22)29(44)41-9-7-40(8-10-41)26-6-5-19(12-34)13-37-26/h1-6,11,13-15,24-25,27,36,38H,7-10,16-18H2,(H,39,43). The molecule has 3 atom stereocenters. The summed E-state index contributed by atoms with van der Waals surface area (Å²) in [7, 11) is 0. The molecule has 0 saturated carbocycles. The first kappa shape index (κ1) is 29.3. The minimum absolute atomic E-state index is 0.0551. The van der Waals surface area contributed by atoms with Gasteiger partial charge in [-0.2, -0.15) is 18.4 Å². The van der Waals surface area contributed by atoms with Crippen LogP contribution in [-0.4, -0.2) is 83.1 Å². The number of amides is 2. The number of piperazine rings is 1. The SMILES string of the molecule is N#Cc1ccc(N2CCN(C(=O)c3cncc(NCC4c5ccccc5CN4C4CNNC(=O)C4C(F)(F)F)c3)CC2)nc1. The number of anilines is 2. The second kappa shape index (κ2) is 12.1. The molecular weight excluding hydrogens is 575 g/mol. The zero-order chi connectivity index (χ0) is 30.8. The van der Waals surface area contributed by atoms with E-state index < -0.39 is 30.1 Å². The van der Waals surface area contributed by atoms with E-state index in [2.05, 4.69) is 37.1 Å². The van der Waals surface area contributed by atoms with Gasteiger partial charge in [0.15, 0.2) is 5.92 Å². The summed E-state index contributed by atoms with van der Waals surface area (Å²) in [6.07, 6.45) is -0.103. The fraction of sp³-hybridized carbons (Fsp3) is 0.367. The van der Waals surface area contributed by atoms with Crippen molar-refractivity contribution in [3.05, 3.63) is 83.3 Å². The molecule has 3 N–H and O–H groups in total. The van der Waals surface area contributed by atoms with Crippen molar-refractivity contribution in [2.24, 2.45) is 5.92 Å². The van der Waals surface area contributed by atoms with Crippen molar-refractivity contribution in [2.45, 2.75) is 24.8 Å². The van der Waals surface area contributed by atoms with Crippen LogP contribution in [0.2, 0.25) is 0 Å². The number of benzene rings is 1. The Morgan fingerprint density at radius 1 is 1.09 bits per heavy atom. The van der Waals surface area contributed by atoms with Crippen LogP contribution >= 0.6 is 0 Å². The Morgan fingerprint density at radius 2 is 1.89 bits per heavy atom. The van der Waals surface area contributed by atoms with E-state index in [4.69, 9.17) is 5.26 Å². The molecule has 44 heavy (non-hydrogen) atoms. The van der Waals surface area contributed by atoms with Crippen LogP contribution in [0.15, 0.2) is 61.1 Å². The van der Waals surface area contributed by atoms with Crippen LogP contribution in [-0.2, 0) is 11.3 Å². The number of hydrogen-bond donors (Lipinski definition) is 3. The van der Waals surface area contributed by atoms with E-state index in [0.717, 1.165) is 16.9 Å². The highest BCUT2D eigenvalue weighted by molar-refractivity contribution is 5.95. The first-order valence-corrected chi connectivity index (χ1v) is 14.2. The summed E-state index contributed by atoms with van der Waals surface area (Å²) in [5, 5.41) is 12.3. The molecular formula is C30H30F3N9O2. The van der Waals surface area contributed by atoms with E-state index in [1.807, 2.05) is 24.3 Å². The smallest absolute Gasteiger partial charge is 0.382 e. The minimum Gasteiger partial charge on any atom is -0.382 e. The first-order valence-electron chi connectivity index (χ1n) is 14.2. The molecule has 6 rings (SSSR count). The molecule has 0 aliphatic carbocycles. The Labute approximate surface area is 251 Å². The minimum atomic E-state index is -4.70. The highest BCUT2D eigenvalue weighted by Crippen LogP contribution is 2.41. The summed E-state index contributed by atoms with van der Waals surface area (Å²) in [6, 6.07) is 13.2. The lowest BCUT2D eigenvalue weighted by atomic mass is 9.94. The number of carbonyl (C=O) groups is 2. The number of nitriles is 1.